The SMILES string of the molecule is CC(=O)CN1CCNC(=O)C1C. The Labute approximate surface area is 71.9 Å². The fourth-order valence-corrected chi connectivity index (χ4v) is 1.33. The fraction of sp³-hybridized carbons (Fsp3) is 0.750. The number of nitrogens with one attached hydrogen (secondary N) is 1. The van der Waals surface area contributed by atoms with Crippen LogP contribution in [0.3, 0.4) is 0 Å². The number of carbonyl (C=O) groups is 2. The van der Waals surface area contributed by atoms with Crippen molar-refractivity contribution in [1.29, 1.82) is 0 Å². The number of ketones is 1. The van der Waals surface area contributed by atoms with Crippen molar-refractivity contribution in [3.05, 3.63) is 0 Å². The molecule has 0 saturated carbocycles. The fourth-order valence-electron chi connectivity index (χ4n) is 1.33. The van der Waals surface area contributed by atoms with Gasteiger partial charge in [-0.15, -0.1) is 0 Å². The molecule has 1 saturated heterocycles. The highest BCUT2D eigenvalue weighted by Crippen LogP contribution is 2.02. The number of carbonyl (C=O) groups excluding carboxylic acids is 2. The predicted octanol–water partition coefficient (Wildman–Crippen LogP) is -0.604. The zero-order chi connectivity index (χ0) is 9.14. The minimum Gasteiger partial charge on any atom is -0.353 e. The molecule has 0 aromatic carbocycles. The first-order valence-electron chi connectivity index (χ1n) is 4.12. The molecule has 0 spiro atoms. The van der Waals surface area contributed by atoms with Gasteiger partial charge in [-0.1, -0.05) is 0 Å². The normalized spacial score (nSPS) is 25.2. The topological polar surface area (TPSA) is 49.4 Å². The molecule has 1 aliphatic rings. The Hall–Kier alpha value is -0.900. The highest BCUT2D eigenvalue weighted by Gasteiger charge is 2.25. The second-order valence-electron chi connectivity index (χ2n) is 3.14. The Bertz CT molecular complexity index is 203. The minimum absolute atomic E-state index is 0.0162. The van der Waals surface area contributed by atoms with Crippen LogP contribution in [0, 0.1) is 0 Å². The van der Waals surface area contributed by atoms with Gasteiger partial charge in [-0.2, -0.15) is 0 Å². The Morgan fingerprint density at radius 1 is 1.75 bits per heavy atom. The van der Waals surface area contributed by atoms with E-state index in [0.717, 1.165) is 6.54 Å². The van der Waals surface area contributed by atoms with Crippen molar-refractivity contribution in [2.24, 2.45) is 0 Å². The lowest BCUT2D eigenvalue weighted by molar-refractivity contribution is -0.129. The van der Waals surface area contributed by atoms with Gasteiger partial charge in [0.25, 0.3) is 0 Å². The Balaban J connectivity index is 2.52. The van der Waals surface area contributed by atoms with Gasteiger partial charge in [-0.25, -0.2) is 0 Å². The molecule has 0 radical (unpaired) electrons. The molecule has 1 heterocycles. The van der Waals surface area contributed by atoms with E-state index in [0.29, 0.717) is 13.1 Å². The van der Waals surface area contributed by atoms with E-state index in [1.54, 1.807) is 6.92 Å². The first-order valence-corrected chi connectivity index (χ1v) is 4.12. The molecule has 4 nitrogen and oxygen atoms in total. The maximum Gasteiger partial charge on any atom is 0.237 e. The highest BCUT2D eigenvalue weighted by molar-refractivity contribution is 5.83. The van der Waals surface area contributed by atoms with Crippen LogP contribution in [0.1, 0.15) is 13.8 Å². The Morgan fingerprint density at radius 3 is 3.00 bits per heavy atom. The number of Topliss-reactive ketones (excluding diaryl/α,β-unsaturated/α-hetero) is 1. The number of piperazine rings is 1. The van der Waals surface area contributed by atoms with Crippen molar-refractivity contribution in [2.45, 2.75) is 19.9 Å². The molecule has 1 fully saturated rings. The summed E-state index contributed by atoms with van der Waals surface area (Å²) < 4.78 is 0. The number of nitrogens with zero attached hydrogens (tertiary/aromatic N) is 1. The van der Waals surface area contributed by atoms with Crippen molar-refractivity contribution >= 4 is 11.7 Å². The summed E-state index contributed by atoms with van der Waals surface area (Å²) in [5.41, 5.74) is 0. The summed E-state index contributed by atoms with van der Waals surface area (Å²) in [6.07, 6.45) is 0. The molecule has 68 valence electrons. The third-order valence-electron chi connectivity index (χ3n) is 2.05. The quantitative estimate of drug-likeness (QED) is 0.602. The van der Waals surface area contributed by atoms with Crippen LogP contribution in [0.25, 0.3) is 0 Å². The van der Waals surface area contributed by atoms with E-state index >= 15 is 0 Å². The van der Waals surface area contributed by atoms with Crippen LogP contribution in [0.5, 0.6) is 0 Å². The molecule has 1 rings (SSSR count). The first-order chi connectivity index (χ1) is 5.61. The van der Waals surface area contributed by atoms with Gasteiger partial charge in [-0.05, 0) is 13.8 Å². The average Bonchev–Trinajstić information content (AvgIpc) is 1.98. The molecule has 0 aromatic rings. The van der Waals surface area contributed by atoms with Gasteiger partial charge in [-0.3, -0.25) is 14.5 Å². The van der Waals surface area contributed by atoms with Gasteiger partial charge in [0.05, 0.1) is 12.6 Å². The van der Waals surface area contributed by atoms with Crippen LogP contribution in [-0.2, 0) is 9.59 Å². The number of amides is 1. The zero-order valence-electron chi connectivity index (χ0n) is 7.46. The molecule has 1 atom stereocenters. The molecule has 1 aliphatic heterocycles. The summed E-state index contributed by atoms with van der Waals surface area (Å²) in [5, 5.41) is 2.74. The average molecular weight is 170 g/mol. The highest BCUT2D eigenvalue weighted by atomic mass is 16.2. The molecular weight excluding hydrogens is 156 g/mol. The monoisotopic (exact) mass is 170 g/mol. The van der Waals surface area contributed by atoms with E-state index in [1.165, 1.54) is 0 Å². The summed E-state index contributed by atoms with van der Waals surface area (Å²) in [6, 6.07) is -0.164. The Morgan fingerprint density at radius 2 is 2.42 bits per heavy atom. The van der Waals surface area contributed by atoms with E-state index < -0.39 is 0 Å². The van der Waals surface area contributed by atoms with Crippen LogP contribution in [0.15, 0.2) is 0 Å². The summed E-state index contributed by atoms with van der Waals surface area (Å²) in [4.78, 5) is 23.8. The lowest BCUT2D eigenvalue weighted by atomic mass is 10.2. The smallest absolute Gasteiger partial charge is 0.237 e. The van der Waals surface area contributed by atoms with Crippen molar-refractivity contribution in [3.8, 4) is 0 Å². The molecule has 1 amide bonds. The van der Waals surface area contributed by atoms with Crippen LogP contribution >= 0.6 is 0 Å². The van der Waals surface area contributed by atoms with Gasteiger partial charge in [0.15, 0.2) is 0 Å². The number of hydrogen-bond donors (Lipinski definition) is 1. The van der Waals surface area contributed by atoms with Gasteiger partial charge < -0.3 is 5.32 Å². The van der Waals surface area contributed by atoms with Gasteiger partial charge in [0.1, 0.15) is 5.78 Å². The lowest BCUT2D eigenvalue weighted by Crippen LogP contribution is -2.54. The van der Waals surface area contributed by atoms with Crippen molar-refractivity contribution in [3.63, 3.8) is 0 Å². The van der Waals surface area contributed by atoms with Gasteiger partial charge >= 0.3 is 0 Å². The molecule has 0 bridgehead atoms. The first kappa shape index (κ1) is 9.19. The molecule has 0 aromatic heterocycles. The second-order valence-corrected chi connectivity index (χ2v) is 3.14. The van der Waals surface area contributed by atoms with E-state index in [4.69, 9.17) is 0 Å². The standard InChI is InChI=1S/C8H14N2O2/c1-6(11)5-10-4-3-9-8(12)7(10)2/h7H,3-5H2,1-2H3,(H,9,12). The maximum atomic E-state index is 11.1. The number of hydrogen-bond acceptors (Lipinski definition) is 3. The molecule has 12 heavy (non-hydrogen) atoms. The maximum absolute atomic E-state index is 11.1. The van der Waals surface area contributed by atoms with Crippen LogP contribution in [-0.4, -0.2) is 42.3 Å². The van der Waals surface area contributed by atoms with Gasteiger partial charge in [0.2, 0.25) is 5.91 Å². The number of rotatable bonds is 2. The molecule has 1 N–H and O–H groups in total. The summed E-state index contributed by atoms with van der Waals surface area (Å²) >= 11 is 0. The summed E-state index contributed by atoms with van der Waals surface area (Å²) in [7, 11) is 0. The van der Waals surface area contributed by atoms with Crippen molar-refractivity contribution < 1.29 is 9.59 Å². The van der Waals surface area contributed by atoms with Gasteiger partial charge in [0, 0.05) is 13.1 Å². The molecule has 0 aliphatic carbocycles. The molecule has 1 unspecified atom stereocenters. The third kappa shape index (κ3) is 2.04. The van der Waals surface area contributed by atoms with Crippen LogP contribution in [0.4, 0.5) is 0 Å². The summed E-state index contributed by atoms with van der Waals surface area (Å²) in [5.74, 6) is 0.124. The van der Waals surface area contributed by atoms with Crippen molar-refractivity contribution in [1.82, 2.24) is 10.2 Å². The van der Waals surface area contributed by atoms with Crippen molar-refractivity contribution in [2.75, 3.05) is 19.6 Å². The van der Waals surface area contributed by atoms with E-state index in [1.807, 2.05) is 11.8 Å². The predicted molar refractivity (Wildman–Crippen MR) is 44.7 cm³/mol. The van der Waals surface area contributed by atoms with E-state index in [2.05, 4.69) is 5.32 Å². The molecule has 4 heteroatoms. The second kappa shape index (κ2) is 3.67. The van der Waals surface area contributed by atoms with E-state index in [-0.39, 0.29) is 17.7 Å². The zero-order valence-corrected chi connectivity index (χ0v) is 7.46. The minimum atomic E-state index is -0.164. The molecular formula is C8H14N2O2. The summed E-state index contributed by atoms with van der Waals surface area (Å²) in [6.45, 7) is 5.16. The Kier molecular flexibility index (Phi) is 2.81. The van der Waals surface area contributed by atoms with Crippen LogP contribution in [0.2, 0.25) is 0 Å². The van der Waals surface area contributed by atoms with E-state index in [9.17, 15) is 9.59 Å². The van der Waals surface area contributed by atoms with Crippen LogP contribution < -0.4 is 5.32 Å². The largest absolute Gasteiger partial charge is 0.353 e. The third-order valence-corrected chi connectivity index (χ3v) is 2.05. The lowest BCUT2D eigenvalue weighted by Gasteiger charge is -2.31.